The number of pyridine rings is 1. The number of fused-ring (bicyclic) bond motifs is 1. The molecule has 0 bridgehead atoms. The van der Waals surface area contributed by atoms with Gasteiger partial charge in [0.25, 0.3) is 0 Å². The van der Waals surface area contributed by atoms with Crippen LogP contribution in [0.2, 0.25) is 0 Å². The first-order valence-corrected chi connectivity index (χ1v) is 10.5. The van der Waals surface area contributed by atoms with Gasteiger partial charge in [-0.2, -0.15) is 9.94 Å². The lowest BCUT2D eigenvalue weighted by Gasteiger charge is -2.34. The van der Waals surface area contributed by atoms with E-state index in [0.717, 1.165) is 24.0 Å². The van der Waals surface area contributed by atoms with E-state index in [-0.39, 0.29) is 12.6 Å². The van der Waals surface area contributed by atoms with Crippen LogP contribution in [0.15, 0.2) is 51.1 Å². The van der Waals surface area contributed by atoms with Crippen LogP contribution in [0.3, 0.4) is 0 Å². The molecule has 1 aliphatic carbocycles. The Bertz CT molecular complexity index is 1340. The lowest BCUT2D eigenvalue weighted by Crippen LogP contribution is -2.32. The fourth-order valence-electron chi connectivity index (χ4n) is 4.30. The van der Waals surface area contributed by atoms with Crippen molar-refractivity contribution in [2.45, 2.75) is 45.2 Å². The van der Waals surface area contributed by atoms with Crippen LogP contribution in [0, 0.1) is 25.2 Å². The molecule has 0 unspecified atom stereocenters. The molecule has 0 N–H and O–H groups in total. The molecule has 0 atom stereocenters. The summed E-state index contributed by atoms with van der Waals surface area (Å²) in [6, 6.07) is 12.3. The fraction of sp³-hybridized carbons (Fsp3) is 0.292. The van der Waals surface area contributed by atoms with Gasteiger partial charge in [0.1, 0.15) is 18.3 Å². The van der Waals surface area contributed by atoms with Gasteiger partial charge in [0.15, 0.2) is 5.82 Å². The maximum Gasteiger partial charge on any atom is 0.437 e. The third-order valence-electron chi connectivity index (χ3n) is 6.19. The summed E-state index contributed by atoms with van der Waals surface area (Å²) in [4.78, 5) is 22.8. The van der Waals surface area contributed by atoms with Crippen molar-refractivity contribution in [1.29, 1.82) is 5.26 Å². The third-order valence-corrected chi connectivity index (χ3v) is 6.19. The van der Waals surface area contributed by atoms with Gasteiger partial charge in [-0.3, -0.25) is 0 Å². The van der Waals surface area contributed by atoms with E-state index >= 15 is 0 Å². The Kier molecular flexibility index (Phi) is 4.74. The number of aliphatic imine (C=N–C) groups is 1. The summed E-state index contributed by atoms with van der Waals surface area (Å²) in [5, 5.41) is 13.6. The summed E-state index contributed by atoms with van der Waals surface area (Å²) in [7, 11) is 0. The van der Waals surface area contributed by atoms with E-state index in [9.17, 15) is 4.79 Å². The zero-order chi connectivity index (χ0) is 22.4. The monoisotopic (exact) mass is 426 g/mol. The Balaban J connectivity index is 1.30. The van der Waals surface area contributed by atoms with Gasteiger partial charge in [-0.05, 0) is 49.8 Å². The third kappa shape index (κ3) is 3.42. The van der Waals surface area contributed by atoms with Crippen LogP contribution >= 0.6 is 0 Å². The van der Waals surface area contributed by atoms with E-state index in [2.05, 4.69) is 52.8 Å². The van der Waals surface area contributed by atoms with Crippen LogP contribution < -0.4 is 5.76 Å². The number of hydrogen-bond donors (Lipinski definition) is 0. The van der Waals surface area contributed by atoms with Gasteiger partial charge in [0, 0.05) is 11.3 Å². The lowest BCUT2D eigenvalue weighted by atomic mass is 9.76. The van der Waals surface area contributed by atoms with Crippen LogP contribution in [-0.2, 0) is 6.54 Å². The molecule has 1 aromatic carbocycles. The molecule has 2 aliphatic rings. The van der Waals surface area contributed by atoms with Crippen LogP contribution in [0.25, 0.3) is 5.70 Å². The van der Waals surface area contributed by atoms with Gasteiger partial charge in [0.2, 0.25) is 5.89 Å². The molecule has 1 fully saturated rings. The Labute approximate surface area is 185 Å². The number of rotatable bonds is 4. The van der Waals surface area contributed by atoms with E-state index < -0.39 is 5.76 Å². The highest BCUT2D eigenvalue weighted by molar-refractivity contribution is 5.86. The molecule has 0 radical (unpaired) electrons. The maximum atomic E-state index is 12.4. The van der Waals surface area contributed by atoms with Crippen molar-refractivity contribution in [3.63, 3.8) is 0 Å². The smallest absolute Gasteiger partial charge is 0.390 e. The van der Waals surface area contributed by atoms with E-state index in [4.69, 9.17) is 9.68 Å². The largest absolute Gasteiger partial charge is 0.437 e. The predicted octanol–water partition coefficient (Wildman–Crippen LogP) is 3.98. The topological polar surface area (TPSA) is 100 Å². The van der Waals surface area contributed by atoms with Gasteiger partial charge in [-0.15, -0.1) is 5.10 Å². The minimum absolute atomic E-state index is 0.0427. The quantitative estimate of drug-likeness (QED) is 0.625. The van der Waals surface area contributed by atoms with Crippen molar-refractivity contribution in [2.75, 3.05) is 0 Å². The van der Waals surface area contributed by atoms with E-state index in [0.29, 0.717) is 29.0 Å². The number of nitriles is 1. The summed E-state index contributed by atoms with van der Waals surface area (Å²) < 4.78 is 6.89. The van der Waals surface area contributed by atoms with Crippen LogP contribution in [-0.4, -0.2) is 26.0 Å². The second kappa shape index (κ2) is 7.61. The molecule has 160 valence electrons. The summed E-state index contributed by atoms with van der Waals surface area (Å²) >= 11 is 0. The molecule has 32 heavy (non-hydrogen) atoms. The SMILES string of the molecule is C=C1c2c(C)cc(C#N)nc2N=CN1Cc1nn(C2CC(c3ccc(C)cc3)C2)c(=O)o1. The highest BCUT2D eigenvalue weighted by Crippen LogP contribution is 2.44. The summed E-state index contributed by atoms with van der Waals surface area (Å²) in [5.41, 5.74) is 5.16. The van der Waals surface area contributed by atoms with Crippen molar-refractivity contribution >= 4 is 17.9 Å². The van der Waals surface area contributed by atoms with E-state index in [1.54, 1.807) is 17.3 Å². The second-order valence-corrected chi connectivity index (χ2v) is 8.39. The zero-order valence-electron chi connectivity index (χ0n) is 17.9. The minimum atomic E-state index is -0.441. The number of hydrogen-bond acceptors (Lipinski definition) is 7. The van der Waals surface area contributed by atoms with Crippen molar-refractivity contribution in [3.8, 4) is 6.07 Å². The minimum Gasteiger partial charge on any atom is -0.390 e. The second-order valence-electron chi connectivity index (χ2n) is 8.39. The number of aromatic nitrogens is 3. The molecule has 3 heterocycles. The molecule has 5 rings (SSSR count). The highest BCUT2D eigenvalue weighted by Gasteiger charge is 2.34. The average Bonchev–Trinajstić information content (AvgIpc) is 3.09. The van der Waals surface area contributed by atoms with E-state index in [1.165, 1.54) is 15.8 Å². The standard InChI is InChI=1S/C24H22N6O2/c1-14-4-6-17(7-5-14)18-9-20(10-18)30-24(31)32-21(28-30)12-29-13-26-23-22(16(29)3)15(2)8-19(11-25)27-23/h4-8,13,18,20H,3,9-10,12H2,1-2H3. The van der Waals surface area contributed by atoms with Gasteiger partial charge < -0.3 is 9.32 Å². The van der Waals surface area contributed by atoms with Crippen molar-refractivity contribution in [2.24, 2.45) is 4.99 Å². The molecule has 8 nitrogen and oxygen atoms in total. The maximum absolute atomic E-state index is 12.4. The molecule has 3 aromatic rings. The van der Waals surface area contributed by atoms with Gasteiger partial charge in [0.05, 0.1) is 12.4 Å². The number of aryl methyl sites for hydroxylation is 2. The molecule has 0 amide bonds. The van der Waals surface area contributed by atoms with Gasteiger partial charge in [-0.25, -0.2) is 14.8 Å². The molecule has 0 spiro atoms. The molecule has 1 aliphatic heterocycles. The average molecular weight is 426 g/mol. The summed E-state index contributed by atoms with van der Waals surface area (Å²) in [6.07, 6.45) is 3.31. The molecule has 1 saturated carbocycles. The highest BCUT2D eigenvalue weighted by atomic mass is 16.4. The van der Waals surface area contributed by atoms with Gasteiger partial charge >= 0.3 is 5.76 Å². The molecule has 0 saturated heterocycles. The molecule has 8 heteroatoms. The number of nitrogens with zero attached hydrogens (tertiary/aromatic N) is 6. The van der Waals surface area contributed by atoms with Crippen molar-refractivity contribution in [3.05, 3.63) is 81.3 Å². The molecular formula is C24H22N6O2. The Morgan fingerprint density at radius 3 is 2.72 bits per heavy atom. The Morgan fingerprint density at radius 1 is 1.25 bits per heavy atom. The van der Waals surface area contributed by atoms with E-state index in [1.807, 2.05) is 13.0 Å². The summed E-state index contributed by atoms with van der Waals surface area (Å²) in [6.45, 7) is 8.35. The Hall–Kier alpha value is -3.99. The van der Waals surface area contributed by atoms with Crippen LogP contribution in [0.1, 0.15) is 58.6 Å². The first-order valence-electron chi connectivity index (χ1n) is 10.5. The number of benzene rings is 1. The first-order chi connectivity index (χ1) is 15.4. The van der Waals surface area contributed by atoms with Crippen molar-refractivity contribution < 1.29 is 4.42 Å². The van der Waals surface area contributed by atoms with Crippen molar-refractivity contribution in [1.82, 2.24) is 19.7 Å². The van der Waals surface area contributed by atoms with Crippen LogP contribution in [0.5, 0.6) is 0 Å². The lowest BCUT2D eigenvalue weighted by molar-refractivity contribution is 0.233. The first kappa shape index (κ1) is 19.9. The zero-order valence-corrected chi connectivity index (χ0v) is 17.9. The summed E-state index contributed by atoms with van der Waals surface area (Å²) in [5.74, 6) is 0.770. The normalized spacial score (nSPS) is 19.4. The Morgan fingerprint density at radius 2 is 2.00 bits per heavy atom. The predicted molar refractivity (Wildman–Crippen MR) is 119 cm³/mol. The molecule has 2 aromatic heterocycles. The van der Waals surface area contributed by atoms with Crippen LogP contribution in [0.4, 0.5) is 5.82 Å². The molecular weight excluding hydrogens is 404 g/mol. The van der Waals surface area contributed by atoms with Gasteiger partial charge in [-0.1, -0.05) is 36.4 Å². The fourth-order valence-corrected chi connectivity index (χ4v) is 4.30.